The number of allylic oxidation sites excluding steroid dienone is 1. The average molecular weight is 579 g/mol. The lowest BCUT2D eigenvalue weighted by Crippen LogP contribution is -2.34. The molecular weight excluding hydrogens is 552 g/mol. The first-order valence-corrected chi connectivity index (χ1v) is 13.6. The first-order valence-electron chi connectivity index (χ1n) is 12.1. The summed E-state index contributed by atoms with van der Waals surface area (Å²) in [5, 5.41) is 12.0. The molecule has 0 spiro atoms. The van der Waals surface area contributed by atoms with Crippen LogP contribution in [0.5, 0.6) is 0 Å². The lowest BCUT2D eigenvalue weighted by atomic mass is 9.96. The van der Waals surface area contributed by atoms with E-state index < -0.39 is 56.4 Å². The molecule has 0 radical (unpaired) electrons. The van der Waals surface area contributed by atoms with Crippen molar-refractivity contribution in [3.63, 3.8) is 0 Å². The smallest absolute Gasteiger partial charge is 0.269 e. The van der Waals surface area contributed by atoms with E-state index in [1.165, 1.54) is 30.6 Å². The molecule has 1 aromatic heterocycles. The molecule has 3 aromatic rings. The first-order chi connectivity index (χ1) is 19.1. The van der Waals surface area contributed by atoms with Crippen LogP contribution in [-0.2, 0) is 19.5 Å². The van der Waals surface area contributed by atoms with Gasteiger partial charge in [-0.1, -0.05) is 6.07 Å². The van der Waals surface area contributed by atoms with Gasteiger partial charge in [-0.2, -0.15) is 4.39 Å². The molecule has 1 aliphatic rings. The van der Waals surface area contributed by atoms with Gasteiger partial charge in [0.25, 0.3) is 10.0 Å². The van der Waals surface area contributed by atoms with Crippen LogP contribution >= 0.6 is 0 Å². The summed E-state index contributed by atoms with van der Waals surface area (Å²) >= 11 is 0. The number of nitrogens with zero attached hydrogens (tertiary/aromatic N) is 2. The normalized spacial score (nSPS) is 14.7. The molecule has 4 rings (SSSR count). The zero-order chi connectivity index (χ0) is 28.9. The van der Waals surface area contributed by atoms with Crippen LogP contribution in [0.1, 0.15) is 24.0 Å². The minimum atomic E-state index is -4.85. The second-order valence-corrected chi connectivity index (χ2v) is 10.7. The van der Waals surface area contributed by atoms with Crippen LogP contribution in [0.2, 0.25) is 0 Å². The molecule has 0 atom stereocenters. The maximum Gasteiger partial charge on any atom is 0.269 e. The van der Waals surface area contributed by atoms with Crippen LogP contribution in [0.25, 0.3) is 5.57 Å². The number of halogens is 4. The number of benzene rings is 2. The van der Waals surface area contributed by atoms with E-state index in [1.807, 2.05) is 0 Å². The molecule has 2 aromatic carbocycles. The van der Waals surface area contributed by atoms with Crippen molar-refractivity contribution in [1.29, 1.82) is 5.41 Å². The lowest BCUT2D eigenvalue weighted by Gasteiger charge is -2.25. The largest absolute Gasteiger partial charge is 0.387 e. The molecule has 0 amide bonds. The maximum atomic E-state index is 16.1. The predicted molar refractivity (Wildman–Crippen MR) is 140 cm³/mol. The first kappa shape index (κ1) is 29.2. The van der Waals surface area contributed by atoms with E-state index >= 15 is 4.39 Å². The minimum Gasteiger partial charge on any atom is -0.387 e. The monoisotopic (exact) mass is 578 g/mol. The standard InChI is InChI=1S/C27H26F4N4O4S/c1-38-16-35(40(36,37)24-14-18(28)5-6-22(24)29)23-4-2-3-20(26(23)31)27(32)21(17-7-10-33-25(30)13-17)15-34-19-8-11-39-12-9-19/h2-7,10,13-15,19,32,34H,8-9,11-12,16H2,1H3/b21-15-,32-27?. The fraction of sp³-hybridized carbons (Fsp3) is 0.259. The third-order valence-electron chi connectivity index (χ3n) is 6.22. The van der Waals surface area contributed by atoms with Crippen molar-refractivity contribution in [2.75, 3.05) is 31.4 Å². The fourth-order valence-corrected chi connectivity index (χ4v) is 5.62. The zero-order valence-corrected chi connectivity index (χ0v) is 22.2. The molecule has 1 aliphatic heterocycles. The Morgan fingerprint density at radius 1 is 1.15 bits per heavy atom. The van der Waals surface area contributed by atoms with Gasteiger partial charge in [0, 0.05) is 56.0 Å². The number of methoxy groups -OCH3 is 1. The second kappa shape index (κ2) is 12.6. The van der Waals surface area contributed by atoms with Crippen molar-refractivity contribution in [2.45, 2.75) is 23.8 Å². The minimum absolute atomic E-state index is 0.00270. The van der Waals surface area contributed by atoms with Gasteiger partial charge >= 0.3 is 0 Å². The van der Waals surface area contributed by atoms with Crippen LogP contribution in [-0.4, -0.2) is 52.2 Å². The maximum absolute atomic E-state index is 16.1. The van der Waals surface area contributed by atoms with Gasteiger partial charge in [0.2, 0.25) is 5.95 Å². The summed E-state index contributed by atoms with van der Waals surface area (Å²) in [6.07, 6.45) is 4.05. The summed E-state index contributed by atoms with van der Waals surface area (Å²) in [6.45, 7) is 0.332. The molecule has 2 N–H and O–H groups in total. The Morgan fingerprint density at radius 2 is 1.90 bits per heavy atom. The molecule has 0 aliphatic carbocycles. The summed E-state index contributed by atoms with van der Waals surface area (Å²) in [6, 6.07) is 8.08. The van der Waals surface area contributed by atoms with Gasteiger partial charge in [-0.05, 0) is 54.8 Å². The van der Waals surface area contributed by atoms with Crippen LogP contribution in [0.15, 0.2) is 65.8 Å². The van der Waals surface area contributed by atoms with Gasteiger partial charge in [-0.15, -0.1) is 0 Å². The van der Waals surface area contributed by atoms with Gasteiger partial charge in [0.05, 0.1) is 11.4 Å². The van der Waals surface area contributed by atoms with Gasteiger partial charge in [-0.25, -0.2) is 30.9 Å². The van der Waals surface area contributed by atoms with E-state index in [2.05, 4.69) is 10.3 Å². The highest BCUT2D eigenvalue weighted by Crippen LogP contribution is 2.31. The van der Waals surface area contributed by atoms with Crippen molar-refractivity contribution >= 4 is 27.0 Å². The van der Waals surface area contributed by atoms with E-state index in [0.717, 1.165) is 25.3 Å². The quantitative estimate of drug-likeness (QED) is 0.158. The Balaban J connectivity index is 1.78. The molecule has 0 bridgehead atoms. The van der Waals surface area contributed by atoms with Gasteiger partial charge in [0.1, 0.15) is 23.3 Å². The highest BCUT2D eigenvalue weighted by molar-refractivity contribution is 7.92. The molecule has 13 heteroatoms. The summed E-state index contributed by atoms with van der Waals surface area (Å²) < 4.78 is 95.8. The topological polar surface area (TPSA) is 105 Å². The van der Waals surface area contributed by atoms with Crippen molar-refractivity contribution in [3.8, 4) is 0 Å². The van der Waals surface area contributed by atoms with Crippen LogP contribution in [0.4, 0.5) is 23.2 Å². The molecule has 2 heterocycles. The molecular formula is C27H26F4N4O4S. The second-order valence-electron chi connectivity index (χ2n) is 8.84. The summed E-state index contributed by atoms with van der Waals surface area (Å²) in [7, 11) is -3.70. The Morgan fingerprint density at radius 3 is 2.60 bits per heavy atom. The van der Waals surface area contributed by atoms with Gasteiger partial charge in [0.15, 0.2) is 5.82 Å². The molecule has 0 unspecified atom stereocenters. The molecule has 212 valence electrons. The third-order valence-corrected chi connectivity index (χ3v) is 7.97. The number of sulfonamides is 1. The Labute approximate surface area is 228 Å². The van der Waals surface area contributed by atoms with Crippen molar-refractivity contribution in [1.82, 2.24) is 10.3 Å². The number of aromatic nitrogens is 1. The highest BCUT2D eigenvalue weighted by atomic mass is 32.2. The zero-order valence-electron chi connectivity index (χ0n) is 21.3. The van der Waals surface area contributed by atoms with E-state index in [4.69, 9.17) is 14.9 Å². The third kappa shape index (κ3) is 6.32. The number of ether oxygens (including phenoxy) is 2. The predicted octanol–water partition coefficient (Wildman–Crippen LogP) is 4.61. The lowest BCUT2D eigenvalue weighted by molar-refractivity contribution is 0.0812. The summed E-state index contributed by atoms with van der Waals surface area (Å²) in [4.78, 5) is 2.51. The van der Waals surface area contributed by atoms with E-state index in [0.29, 0.717) is 42.5 Å². The molecule has 0 saturated carbocycles. The molecule has 8 nitrogen and oxygen atoms in total. The number of nitrogens with one attached hydrogen (secondary N) is 2. The fourth-order valence-electron chi connectivity index (χ4n) is 4.17. The van der Waals surface area contributed by atoms with Crippen LogP contribution in [0.3, 0.4) is 0 Å². The van der Waals surface area contributed by atoms with E-state index in [9.17, 15) is 21.6 Å². The number of rotatable bonds is 10. The van der Waals surface area contributed by atoms with E-state index in [-0.39, 0.29) is 22.7 Å². The van der Waals surface area contributed by atoms with Crippen molar-refractivity contribution < 1.29 is 35.5 Å². The van der Waals surface area contributed by atoms with Crippen LogP contribution in [0, 0.1) is 28.8 Å². The molecule has 1 fully saturated rings. The number of hydrogen-bond acceptors (Lipinski definition) is 7. The SMILES string of the molecule is COCN(c1cccc(C(=N)/C(=C\NC2CCOCC2)c2ccnc(F)c2)c1F)S(=O)(=O)c1cc(F)ccc1F. The number of hydrogen-bond donors (Lipinski definition) is 2. The van der Waals surface area contributed by atoms with Crippen LogP contribution < -0.4 is 9.62 Å². The number of pyridine rings is 1. The molecule has 1 saturated heterocycles. The van der Waals surface area contributed by atoms with Crippen molar-refractivity contribution in [2.24, 2.45) is 0 Å². The Bertz CT molecular complexity index is 1530. The summed E-state index contributed by atoms with van der Waals surface area (Å²) in [5.74, 6) is -4.21. The van der Waals surface area contributed by atoms with Crippen molar-refractivity contribution in [3.05, 3.63) is 95.5 Å². The Kier molecular flexibility index (Phi) is 9.17. The van der Waals surface area contributed by atoms with Gasteiger partial charge < -0.3 is 14.8 Å². The average Bonchev–Trinajstić information content (AvgIpc) is 2.94. The summed E-state index contributed by atoms with van der Waals surface area (Å²) in [5.41, 5.74) is -0.946. The Hall–Kier alpha value is -3.81. The van der Waals surface area contributed by atoms with E-state index in [1.54, 1.807) is 0 Å². The molecule has 40 heavy (non-hydrogen) atoms. The van der Waals surface area contributed by atoms with Gasteiger partial charge in [-0.3, -0.25) is 5.41 Å². The highest BCUT2D eigenvalue weighted by Gasteiger charge is 2.32. The number of anilines is 1.